The summed E-state index contributed by atoms with van der Waals surface area (Å²) in [5.74, 6) is -0.824. The van der Waals surface area contributed by atoms with Crippen molar-refractivity contribution in [3.8, 4) is 11.1 Å². The van der Waals surface area contributed by atoms with Gasteiger partial charge >= 0.3 is 6.18 Å². The topological polar surface area (TPSA) is 87.7 Å². The van der Waals surface area contributed by atoms with Crippen molar-refractivity contribution < 1.29 is 27.5 Å². The third-order valence-electron chi connectivity index (χ3n) is 6.82. The van der Waals surface area contributed by atoms with Crippen LogP contribution in [0.5, 0.6) is 0 Å². The Morgan fingerprint density at radius 3 is 2.76 bits per heavy atom. The molecule has 5 rings (SSSR count). The van der Waals surface area contributed by atoms with E-state index in [1.807, 2.05) is 13.0 Å². The van der Waals surface area contributed by atoms with E-state index in [2.05, 4.69) is 20.2 Å². The summed E-state index contributed by atoms with van der Waals surface area (Å²) < 4.78 is 44.9. The molecule has 2 aromatic heterocycles. The van der Waals surface area contributed by atoms with Crippen molar-refractivity contribution in [3.05, 3.63) is 71.3 Å². The summed E-state index contributed by atoms with van der Waals surface area (Å²) in [6.45, 7) is 6.50. The van der Waals surface area contributed by atoms with Gasteiger partial charge in [0, 0.05) is 48.2 Å². The van der Waals surface area contributed by atoms with E-state index in [-0.39, 0.29) is 17.5 Å². The molecule has 2 amide bonds. The molecule has 0 spiro atoms. The Hall–Kier alpha value is -3.99. The number of pyridine rings is 2. The molecule has 0 saturated carbocycles. The Morgan fingerprint density at radius 2 is 2.00 bits per heavy atom. The van der Waals surface area contributed by atoms with Gasteiger partial charge in [-0.15, -0.1) is 0 Å². The number of benzene rings is 1. The number of anilines is 2. The maximum Gasteiger partial charge on any atom is 0.416 e. The number of hydrogen-bond acceptors (Lipinski definition) is 6. The number of carbonyl (C=O) groups is 2. The first kappa shape index (κ1) is 25.7. The number of halogens is 3. The molecule has 3 aromatic rings. The number of alkyl halides is 3. The van der Waals surface area contributed by atoms with Crippen LogP contribution in [0.15, 0.2) is 48.8 Å². The molecule has 2 aliphatic rings. The lowest BCUT2D eigenvalue weighted by Gasteiger charge is -2.37. The number of amides is 2. The van der Waals surface area contributed by atoms with Gasteiger partial charge in [-0.3, -0.25) is 14.6 Å². The van der Waals surface area contributed by atoms with Crippen LogP contribution < -0.4 is 10.2 Å². The molecule has 4 heterocycles. The van der Waals surface area contributed by atoms with Crippen molar-refractivity contribution in [2.24, 2.45) is 0 Å². The number of likely N-dealkylation sites (N-methyl/N-ethyl adjacent to an activating group) is 1. The number of fused-ring (bicyclic) bond motifs is 3. The van der Waals surface area contributed by atoms with Gasteiger partial charge in [0.1, 0.15) is 0 Å². The Labute approximate surface area is 217 Å². The molecule has 0 bridgehead atoms. The molecule has 1 N–H and O–H groups in total. The van der Waals surface area contributed by atoms with Crippen molar-refractivity contribution in [3.63, 3.8) is 0 Å². The van der Waals surface area contributed by atoms with Crippen molar-refractivity contribution in [1.82, 2.24) is 14.9 Å². The zero-order chi connectivity index (χ0) is 27.0. The molecule has 1 fully saturated rings. The van der Waals surface area contributed by atoms with Gasteiger partial charge in [0.15, 0.2) is 5.69 Å². The van der Waals surface area contributed by atoms with Crippen molar-refractivity contribution >= 4 is 23.2 Å². The summed E-state index contributed by atoms with van der Waals surface area (Å²) in [5.41, 5.74) is 2.43. The number of aryl methyl sites for hydroxylation is 1. The van der Waals surface area contributed by atoms with Crippen LogP contribution in [0.25, 0.3) is 11.1 Å². The average molecular weight is 526 g/mol. The van der Waals surface area contributed by atoms with E-state index in [1.54, 1.807) is 24.1 Å². The Morgan fingerprint density at radius 1 is 1.18 bits per heavy atom. The standard InChI is InChI=1S/C27H26F3N5O3/c1-3-34-14-21-15-38-8-7-35(21)23-10-18(12-32-24(23)26(34)37)22-11-20(13-31-16(22)2)33-25(36)17-5-4-6-19(9-17)27(28,29)30/h4-6,9-13,21H,3,7-8,14-15H2,1-2H3,(H,33,36)/t21-/m0/s1. The van der Waals surface area contributed by atoms with E-state index >= 15 is 0 Å². The molecular formula is C27H26F3N5O3. The lowest BCUT2D eigenvalue weighted by molar-refractivity contribution is -0.137. The van der Waals surface area contributed by atoms with Crippen LogP contribution in [0.2, 0.25) is 0 Å². The van der Waals surface area contributed by atoms with Crippen molar-refractivity contribution in [2.75, 3.05) is 43.1 Å². The second kappa shape index (κ2) is 10.1. The average Bonchev–Trinajstić information content (AvgIpc) is 3.03. The molecule has 0 radical (unpaired) electrons. The zero-order valence-corrected chi connectivity index (χ0v) is 20.9. The molecule has 11 heteroatoms. The van der Waals surface area contributed by atoms with Crippen LogP contribution in [-0.2, 0) is 10.9 Å². The molecule has 0 unspecified atom stereocenters. The van der Waals surface area contributed by atoms with Gasteiger partial charge in [-0.05, 0) is 44.2 Å². The van der Waals surface area contributed by atoms with E-state index < -0.39 is 17.6 Å². The predicted molar refractivity (Wildman–Crippen MR) is 135 cm³/mol. The Bertz CT molecular complexity index is 1390. The largest absolute Gasteiger partial charge is 0.416 e. The molecule has 1 saturated heterocycles. The van der Waals surface area contributed by atoms with Crippen molar-refractivity contribution in [1.29, 1.82) is 0 Å². The van der Waals surface area contributed by atoms with Crippen molar-refractivity contribution in [2.45, 2.75) is 26.1 Å². The minimum absolute atomic E-state index is 0.00302. The summed E-state index contributed by atoms with van der Waals surface area (Å²) in [6.07, 6.45) is -1.50. The Kier molecular flexibility index (Phi) is 6.78. The number of morpholine rings is 1. The SMILES string of the molecule is CCN1C[C@H]2COCCN2c2cc(-c3cc(NC(=O)c4cccc(C(F)(F)F)c4)cnc3C)cnc2C1=O. The second-order valence-electron chi connectivity index (χ2n) is 9.25. The van der Waals surface area contributed by atoms with Gasteiger partial charge in [0.2, 0.25) is 0 Å². The fraction of sp³-hybridized carbons (Fsp3) is 0.333. The van der Waals surface area contributed by atoms with Crippen LogP contribution in [0.4, 0.5) is 24.5 Å². The summed E-state index contributed by atoms with van der Waals surface area (Å²) in [4.78, 5) is 38.8. The number of ether oxygens (including phenoxy) is 1. The first-order valence-corrected chi connectivity index (χ1v) is 12.2. The quantitative estimate of drug-likeness (QED) is 0.543. The number of aromatic nitrogens is 2. The molecule has 0 aliphatic carbocycles. The van der Waals surface area contributed by atoms with E-state index in [1.165, 1.54) is 18.3 Å². The van der Waals surface area contributed by atoms with E-state index in [9.17, 15) is 22.8 Å². The van der Waals surface area contributed by atoms with E-state index in [0.29, 0.717) is 61.1 Å². The lowest BCUT2D eigenvalue weighted by Crippen LogP contribution is -2.50. The normalized spacial score (nSPS) is 17.5. The zero-order valence-electron chi connectivity index (χ0n) is 20.9. The highest BCUT2D eigenvalue weighted by Gasteiger charge is 2.35. The Balaban J connectivity index is 1.47. The molecule has 1 atom stereocenters. The first-order chi connectivity index (χ1) is 18.2. The van der Waals surface area contributed by atoms with Crippen LogP contribution in [-0.4, -0.2) is 65.6 Å². The fourth-order valence-electron chi connectivity index (χ4n) is 4.80. The maximum atomic E-state index is 13.2. The smallest absolute Gasteiger partial charge is 0.377 e. The van der Waals surface area contributed by atoms with E-state index in [4.69, 9.17) is 4.74 Å². The monoisotopic (exact) mass is 525 g/mol. The fourth-order valence-corrected chi connectivity index (χ4v) is 4.80. The third kappa shape index (κ3) is 4.93. The van der Waals surface area contributed by atoms with Crippen LogP contribution >= 0.6 is 0 Å². The molecule has 38 heavy (non-hydrogen) atoms. The molecule has 1 aromatic carbocycles. The third-order valence-corrected chi connectivity index (χ3v) is 6.82. The van der Waals surface area contributed by atoms with Gasteiger partial charge in [0.05, 0.1) is 42.4 Å². The number of carbonyl (C=O) groups excluding carboxylic acids is 2. The predicted octanol–water partition coefficient (Wildman–Crippen LogP) is 4.40. The molecule has 8 nitrogen and oxygen atoms in total. The highest BCUT2D eigenvalue weighted by molar-refractivity contribution is 6.04. The first-order valence-electron chi connectivity index (χ1n) is 12.2. The van der Waals surface area contributed by atoms with Crippen LogP contribution in [0, 0.1) is 6.92 Å². The summed E-state index contributed by atoms with van der Waals surface area (Å²) in [5, 5.41) is 2.64. The van der Waals surface area contributed by atoms with Gasteiger partial charge in [-0.2, -0.15) is 13.2 Å². The summed E-state index contributed by atoms with van der Waals surface area (Å²) in [6, 6.07) is 7.84. The summed E-state index contributed by atoms with van der Waals surface area (Å²) in [7, 11) is 0. The minimum Gasteiger partial charge on any atom is -0.377 e. The van der Waals surface area contributed by atoms with E-state index in [0.717, 1.165) is 17.8 Å². The molecule has 198 valence electrons. The number of nitrogens with zero attached hydrogens (tertiary/aromatic N) is 4. The van der Waals surface area contributed by atoms with Crippen LogP contribution in [0.3, 0.4) is 0 Å². The maximum absolute atomic E-state index is 13.2. The molecule has 2 aliphatic heterocycles. The van der Waals surface area contributed by atoms with Gasteiger partial charge in [-0.1, -0.05) is 6.07 Å². The van der Waals surface area contributed by atoms with Gasteiger partial charge in [0.25, 0.3) is 11.8 Å². The number of rotatable bonds is 4. The molecular weight excluding hydrogens is 499 g/mol. The van der Waals surface area contributed by atoms with Crippen LogP contribution in [0.1, 0.15) is 39.0 Å². The number of nitrogens with one attached hydrogen (secondary N) is 1. The lowest BCUT2D eigenvalue weighted by atomic mass is 10.0. The number of hydrogen-bond donors (Lipinski definition) is 1. The summed E-state index contributed by atoms with van der Waals surface area (Å²) >= 11 is 0. The highest BCUT2D eigenvalue weighted by atomic mass is 19.4. The van der Waals surface area contributed by atoms with Gasteiger partial charge < -0.3 is 19.9 Å². The highest BCUT2D eigenvalue weighted by Crippen LogP contribution is 2.34. The van der Waals surface area contributed by atoms with Gasteiger partial charge in [-0.25, -0.2) is 4.98 Å². The minimum atomic E-state index is -4.55. The second-order valence-corrected chi connectivity index (χ2v) is 9.25.